The van der Waals surface area contributed by atoms with Gasteiger partial charge in [-0.25, -0.2) is 8.42 Å². The number of piperidine rings is 1. The Morgan fingerprint density at radius 2 is 2.00 bits per heavy atom. The van der Waals surface area contributed by atoms with Gasteiger partial charge in [-0.05, 0) is 43.7 Å². The van der Waals surface area contributed by atoms with Gasteiger partial charge in [-0.2, -0.15) is 4.31 Å². The Kier molecular flexibility index (Phi) is 3.60. The van der Waals surface area contributed by atoms with Crippen molar-refractivity contribution in [2.75, 3.05) is 13.1 Å². The molecule has 2 aromatic rings. The molecule has 1 aliphatic carbocycles. The van der Waals surface area contributed by atoms with Crippen molar-refractivity contribution in [1.29, 1.82) is 0 Å². The van der Waals surface area contributed by atoms with Crippen molar-refractivity contribution in [3.8, 4) is 10.6 Å². The molecule has 1 saturated heterocycles. The van der Waals surface area contributed by atoms with E-state index in [1.54, 1.807) is 18.2 Å². The Bertz CT molecular complexity index is 785. The summed E-state index contributed by atoms with van der Waals surface area (Å²) in [7, 11) is -3.47. The van der Waals surface area contributed by atoms with Crippen LogP contribution in [0.15, 0.2) is 33.1 Å². The van der Waals surface area contributed by atoms with Crippen molar-refractivity contribution in [3.05, 3.63) is 24.4 Å². The quantitative estimate of drug-likeness (QED) is 0.911. The van der Waals surface area contributed by atoms with Crippen LogP contribution in [-0.2, 0) is 10.0 Å². The molecule has 4 rings (SSSR count). The highest BCUT2D eigenvalue weighted by Crippen LogP contribution is 2.47. The minimum Gasteiger partial charge on any atom is -0.390 e. The molecule has 0 aromatic carbocycles. The molecule has 2 fully saturated rings. The summed E-state index contributed by atoms with van der Waals surface area (Å²) >= 11 is 1.20. The van der Waals surface area contributed by atoms with Crippen LogP contribution in [-0.4, -0.2) is 41.7 Å². The van der Waals surface area contributed by atoms with Crippen molar-refractivity contribution in [1.82, 2.24) is 9.46 Å². The van der Waals surface area contributed by atoms with Crippen molar-refractivity contribution in [2.45, 2.75) is 35.5 Å². The van der Waals surface area contributed by atoms with Crippen molar-refractivity contribution in [3.63, 3.8) is 0 Å². The van der Waals surface area contributed by atoms with Crippen molar-refractivity contribution in [2.24, 2.45) is 5.92 Å². The second-order valence-corrected chi connectivity index (χ2v) is 9.53. The molecule has 0 amide bonds. The Morgan fingerprint density at radius 3 is 2.61 bits per heavy atom. The minimum absolute atomic E-state index is 0.238. The second-order valence-electron chi connectivity index (χ2n) is 6.28. The molecule has 0 spiro atoms. The zero-order valence-corrected chi connectivity index (χ0v) is 14.1. The third-order valence-corrected chi connectivity index (χ3v) is 8.30. The van der Waals surface area contributed by atoms with E-state index in [9.17, 15) is 13.5 Å². The Morgan fingerprint density at radius 1 is 1.26 bits per heavy atom. The second kappa shape index (κ2) is 5.41. The molecule has 23 heavy (non-hydrogen) atoms. The molecule has 0 radical (unpaired) electrons. The number of hydrogen-bond acceptors (Lipinski definition) is 6. The van der Waals surface area contributed by atoms with Crippen LogP contribution in [0, 0.1) is 5.92 Å². The molecule has 6 nitrogen and oxygen atoms in total. The first-order chi connectivity index (χ1) is 11.0. The number of rotatable bonds is 4. The van der Waals surface area contributed by atoms with Crippen LogP contribution < -0.4 is 0 Å². The van der Waals surface area contributed by atoms with E-state index in [1.165, 1.54) is 21.8 Å². The number of nitrogens with zero attached hydrogens (tertiary/aromatic N) is 2. The Hall–Kier alpha value is -1.22. The van der Waals surface area contributed by atoms with E-state index in [1.807, 2.05) is 0 Å². The molecule has 0 unspecified atom stereocenters. The van der Waals surface area contributed by atoms with Gasteiger partial charge in [0, 0.05) is 19.2 Å². The van der Waals surface area contributed by atoms with Crippen molar-refractivity contribution >= 4 is 21.4 Å². The van der Waals surface area contributed by atoms with E-state index >= 15 is 0 Å². The van der Waals surface area contributed by atoms with Crippen molar-refractivity contribution < 1.29 is 18.0 Å². The zero-order chi connectivity index (χ0) is 16.1. The molecule has 0 bridgehead atoms. The van der Waals surface area contributed by atoms with Crippen LogP contribution in [0.3, 0.4) is 0 Å². The van der Waals surface area contributed by atoms with E-state index in [2.05, 4.69) is 5.16 Å². The smallest absolute Gasteiger partial charge is 0.252 e. The summed E-state index contributed by atoms with van der Waals surface area (Å²) in [6, 6.07) is 5.08. The average molecular weight is 354 g/mol. The third-order valence-electron chi connectivity index (χ3n) is 4.83. The van der Waals surface area contributed by atoms with Crippen LogP contribution >= 0.6 is 11.3 Å². The maximum atomic E-state index is 12.8. The standard InChI is InChI=1S/C15H18N2O4S2/c18-15(6-7-15)11-4-9-17(10-5-11)23(19,20)14-2-1-13(22-14)12-3-8-16-21-12/h1-3,8,11,18H,4-7,9-10H2. The highest BCUT2D eigenvalue weighted by Gasteiger charge is 2.49. The molecule has 124 valence electrons. The van der Waals surface area contributed by atoms with Crippen LogP contribution in [0.4, 0.5) is 0 Å². The number of hydrogen-bond donors (Lipinski definition) is 1. The predicted octanol–water partition coefficient (Wildman–Crippen LogP) is 2.33. The number of aromatic nitrogens is 1. The van der Waals surface area contributed by atoms with Crippen LogP contribution in [0.5, 0.6) is 0 Å². The van der Waals surface area contributed by atoms with E-state index < -0.39 is 15.6 Å². The topological polar surface area (TPSA) is 83.6 Å². The summed E-state index contributed by atoms with van der Waals surface area (Å²) in [5.74, 6) is 0.813. The molecule has 8 heteroatoms. The predicted molar refractivity (Wildman–Crippen MR) is 85.5 cm³/mol. The Labute approximate surface area is 138 Å². The summed E-state index contributed by atoms with van der Waals surface area (Å²) < 4.78 is 32.5. The zero-order valence-electron chi connectivity index (χ0n) is 12.5. The molecular formula is C15H18N2O4S2. The molecule has 0 atom stereocenters. The number of sulfonamides is 1. The van der Waals surface area contributed by atoms with Gasteiger partial charge in [0.2, 0.25) is 0 Å². The maximum Gasteiger partial charge on any atom is 0.252 e. The van der Waals surface area contributed by atoms with Gasteiger partial charge in [0.25, 0.3) is 10.0 Å². The molecule has 1 saturated carbocycles. The molecular weight excluding hydrogens is 336 g/mol. The first-order valence-electron chi connectivity index (χ1n) is 7.72. The fourth-order valence-corrected chi connectivity index (χ4v) is 6.12. The molecule has 3 heterocycles. The summed E-state index contributed by atoms with van der Waals surface area (Å²) in [5.41, 5.74) is -0.516. The van der Waals surface area contributed by atoms with Gasteiger partial charge < -0.3 is 9.63 Å². The normalized spacial score (nSPS) is 22.3. The first-order valence-corrected chi connectivity index (χ1v) is 9.98. The van der Waals surface area contributed by atoms with Crippen LogP contribution in [0.25, 0.3) is 10.6 Å². The van der Waals surface area contributed by atoms with Gasteiger partial charge in [-0.1, -0.05) is 5.16 Å². The SMILES string of the molecule is O=S(=O)(c1ccc(-c2ccno2)s1)N1CCC(C2(O)CC2)CC1. The summed E-state index contributed by atoms with van der Waals surface area (Å²) in [5, 5.41) is 13.8. The fraction of sp³-hybridized carbons (Fsp3) is 0.533. The molecule has 1 N–H and O–H groups in total. The van der Waals surface area contributed by atoms with Gasteiger partial charge in [-0.15, -0.1) is 11.3 Å². The molecule has 2 aromatic heterocycles. The average Bonchev–Trinajstić information content (AvgIpc) is 3.02. The largest absolute Gasteiger partial charge is 0.390 e. The van der Waals surface area contributed by atoms with Gasteiger partial charge in [-0.3, -0.25) is 0 Å². The van der Waals surface area contributed by atoms with Crippen LogP contribution in [0.1, 0.15) is 25.7 Å². The highest BCUT2D eigenvalue weighted by atomic mass is 32.2. The lowest BCUT2D eigenvalue weighted by Gasteiger charge is -2.33. The van der Waals surface area contributed by atoms with Gasteiger partial charge in [0.15, 0.2) is 5.76 Å². The van der Waals surface area contributed by atoms with Gasteiger partial charge in [0.1, 0.15) is 4.21 Å². The summed E-state index contributed by atoms with van der Waals surface area (Å²) in [6.45, 7) is 0.954. The number of aliphatic hydroxyl groups is 1. The van der Waals surface area contributed by atoms with E-state index in [4.69, 9.17) is 4.52 Å². The van der Waals surface area contributed by atoms with Gasteiger partial charge in [0.05, 0.1) is 16.7 Å². The molecule has 1 aliphatic heterocycles. The first kappa shape index (κ1) is 15.3. The van der Waals surface area contributed by atoms with Gasteiger partial charge >= 0.3 is 0 Å². The van der Waals surface area contributed by atoms with E-state index in [0.29, 0.717) is 23.1 Å². The fourth-order valence-electron chi connectivity index (χ4n) is 3.23. The lowest BCUT2D eigenvalue weighted by molar-refractivity contribution is 0.0535. The summed E-state index contributed by atoms with van der Waals surface area (Å²) in [4.78, 5) is 0.753. The number of thiophene rings is 1. The Balaban J connectivity index is 1.50. The third kappa shape index (κ3) is 2.73. The monoisotopic (exact) mass is 354 g/mol. The van der Waals surface area contributed by atoms with E-state index in [0.717, 1.165) is 30.6 Å². The molecule has 2 aliphatic rings. The summed E-state index contributed by atoms with van der Waals surface area (Å²) in [6.07, 6.45) is 4.72. The minimum atomic E-state index is -3.47. The highest BCUT2D eigenvalue weighted by molar-refractivity contribution is 7.91. The van der Waals surface area contributed by atoms with Crippen LogP contribution in [0.2, 0.25) is 0 Å². The lowest BCUT2D eigenvalue weighted by atomic mass is 9.90. The lowest BCUT2D eigenvalue weighted by Crippen LogP contribution is -2.41. The maximum absolute atomic E-state index is 12.8. The van der Waals surface area contributed by atoms with E-state index in [-0.39, 0.29) is 5.92 Å².